The number of carbonyl (C=O) groups excluding carboxylic acids is 2. The number of amides is 2. The van der Waals surface area contributed by atoms with Crippen LogP contribution in [0.1, 0.15) is 12.0 Å². The van der Waals surface area contributed by atoms with E-state index in [2.05, 4.69) is 64.2 Å². The molecule has 1 unspecified atom stereocenters. The Labute approximate surface area is 235 Å². The predicted octanol–water partition coefficient (Wildman–Crippen LogP) is 1.56. The predicted molar refractivity (Wildman–Crippen MR) is 156 cm³/mol. The van der Waals surface area contributed by atoms with E-state index in [9.17, 15) is 9.59 Å². The van der Waals surface area contributed by atoms with Crippen molar-refractivity contribution in [1.82, 2.24) is 35.4 Å². The molecule has 11 nitrogen and oxygen atoms in total. The Hall–Kier alpha value is -3.74. The molecule has 1 atom stereocenters. The second-order valence-corrected chi connectivity index (χ2v) is 9.55. The number of piperazine rings is 1. The fraction of sp³-hybridized carbons (Fsp3) is 0.370. The zero-order chi connectivity index (χ0) is 26.3. The van der Waals surface area contributed by atoms with Gasteiger partial charge in [-0.1, -0.05) is 12.1 Å². The summed E-state index contributed by atoms with van der Waals surface area (Å²) in [7, 11) is 1.58. The van der Waals surface area contributed by atoms with Gasteiger partial charge in [0.25, 0.3) is 0 Å². The largest absolute Gasteiger partial charge is 0.357 e. The lowest BCUT2D eigenvalue weighted by atomic mass is 10.1. The van der Waals surface area contributed by atoms with Crippen molar-refractivity contribution in [3.8, 4) is 11.1 Å². The quantitative estimate of drug-likeness (QED) is 0.358. The van der Waals surface area contributed by atoms with Crippen LogP contribution in [0.3, 0.4) is 0 Å². The highest BCUT2D eigenvalue weighted by Crippen LogP contribution is 2.23. The van der Waals surface area contributed by atoms with Crippen molar-refractivity contribution in [2.75, 3.05) is 56.9 Å². The molecule has 0 radical (unpaired) electrons. The van der Waals surface area contributed by atoms with Gasteiger partial charge in [0.1, 0.15) is 11.9 Å². The zero-order valence-corrected chi connectivity index (χ0v) is 23.0. The highest BCUT2D eigenvalue weighted by atomic mass is 32.1. The van der Waals surface area contributed by atoms with Crippen molar-refractivity contribution in [2.24, 2.45) is 0 Å². The maximum absolute atomic E-state index is 12.6. The molecule has 1 saturated heterocycles. The number of pyridine rings is 1. The summed E-state index contributed by atoms with van der Waals surface area (Å²) in [5.74, 6) is 0.837. The minimum atomic E-state index is -0.581. The van der Waals surface area contributed by atoms with Gasteiger partial charge in [-0.05, 0) is 41.8 Å². The first-order valence-electron chi connectivity index (χ1n) is 12.9. The van der Waals surface area contributed by atoms with Crippen molar-refractivity contribution < 1.29 is 9.59 Å². The van der Waals surface area contributed by atoms with E-state index in [0.717, 1.165) is 55.4 Å². The van der Waals surface area contributed by atoms with Crippen molar-refractivity contribution in [3.63, 3.8) is 0 Å². The van der Waals surface area contributed by atoms with Gasteiger partial charge in [0.05, 0.1) is 6.54 Å². The Kier molecular flexibility index (Phi) is 9.69. The van der Waals surface area contributed by atoms with Crippen molar-refractivity contribution in [2.45, 2.75) is 19.0 Å². The fourth-order valence-corrected chi connectivity index (χ4v) is 4.70. The van der Waals surface area contributed by atoms with E-state index < -0.39 is 6.04 Å². The van der Waals surface area contributed by atoms with Gasteiger partial charge in [-0.15, -0.1) is 0 Å². The maximum Gasteiger partial charge on any atom is 0.242 e. The number of nitrogens with zero attached hydrogens (tertiary/aromatic N) is 5. The first-order valence-corrected chi connectivity index (χ1v) is 12.9. The lowest BCUT2D eigenvalue weighted by molar-refractivity contribution is -0.124. The number of nitrogens with one attached hydrogen (secondary N) is 4. The van der Waals surface area contributed by atoms with Crippen LogP contribution in [0.4, 0.5) is 17.5 Å². The molecule has 39 heavy (non-hydrogen) atoms. The minimum absolute atomic E-state index is 0. The molecule has 0 saturated carbocycles. The molecule has 2 amide bonds. The summed E-state index contributed by atoms with van der Waals surface area (Å²) in [5, 5.41) is 12.1. The van der Waals surface area contributed by atoms with E-state index in [0.29, 0.717) is 25.5 Å². The monoisotopic (exact) mass is 549 g/mol. The lowest BCUT2D eigenvalue weighted by Gasteiger charge is -2.34. The van der Waals surface area contributed by atoms with Gasteiger partial charge in [0.2, 0.25) is 17.8 Å². The van der Waals surface area contributed by atoms with E-state index in [-0.39, 0.29) is 25.3 Å². The number of hydrogen-bond donors (Lipinski definition) is 4. The van der Waals surface area contributed by atoms with E-state index in [1.165, 1.54) is 5.56 Å². The van der Waals surface area contributed by atoms with Gasteiger partial charge in [0, 0.05) is 76.2 Å². The molecule has 206 valence electrons. The Morgan fingerprint density at radius 2 is 1.72 bits per heavy atom. The molecule has 1 aromatic carbocycles. The molecule has 8 rings (SSSR count). The van der Waals surface area contributed by atoms with Crippen LogP contribution in [0.15, 0.2) is 55.0 Å². The summed E-state index contributed by atoms with van der Waals surface area (Å²) in [5.41, 5.74) is 3.94. The number of aromatic nitrogens is 3. The van der Waals surface area contributed by atoms with Crippen LogP contribution in [-0.2, 0) is 16.1 Å². The van der Waals surface area contributed by atoms with Crippen LogP contribution >= 0.6 is 13.5 Å². The zero-order valence-electron chi connectivity index (χ0n) is 22.0. The summed E-state index contributed by atoms with van der Waals surface area (Å²) < 4.78 is 0. The molecular formula is C27H35N9O2S. The number of likely N-dealkylation sites (N-methyl/N-ethyl adjacent to an activating group) is 1. The molecule has 5 aliphatic rings. The maximum atomic E-state index is 12.6. The third-order valence-electron chi connectivity index (χ3n) is 6.80. The molecule has 0 aliphatic carbocycles. The topological polar surface area (TPSA) is 127 Å². The Morgan fingerprint density at radius 3 is 2.46 bits per heavy atom. The van der Waals surface area contributed by atoms with Gasteiger partial charge in [-0.3, -0.25) is 19.4 Å². The summed E-state index contributed by atoms with van der Waals surface area (Å²) in [6.45, 7) is 5.02. The third-order valence-corrected chi connectivity index (χ3v) is 6.80. The SMILES string of the molecule is CNC(=O)C1CCNC(=O)CN2CCN(CC2)Cc2cccc(c2)Nc2cc(ccn2)-c2cnc(nc2)N1.S. The smallest absolute Gasteiger partial charge is 0.242 e. The van der Waals surface area contributed by atoms with Crippen molar-refractivity contribution >= 4 is 42.8 Å². The molecule has 2 aromatic heterocycles. The van der Waals surface area contributed by atoms with Crippen LogP contribution in [0, 0.1) is 0 Å². The van der Waals surface area contributed by atoms with Gasteiger partial charge >= 0.3 is 0 Å². The number of rotatable bonds is 1. The van der Waals surface area contributed by atoms with E-state index >= 15 is 0 Å². The first kappa shape index (κ1) is 28.3. The number of hydrogen-bond acceptors (Lipinski definition) is 9. The van der Waals surface area contributed by atoms with Gasteiger partial charge in [0.15, 0.2) is 0 Å². The van der Waals surface area contributed by atoms with Crippen LogP contribution in [0.2, 0.25) is 0 Å². The van der Waals surface area contributed by atoms with Gasteiger partial charge in [-0.2, -0.15) is 13.5 Å². The molecule has 3 aromatic rings. The average molecular weight is 550 g/mol. The molecule has 0 spiro atoms. The fourth-order valence-electron chi connectivity index (χ4n) is 4.70. The average Bonchev–Trinajstić information content (AvgIpc) is 2.93. The number of benzene rings is 1. The molecule has 5 aliphatic heterocycles. The van der Waals surface area contributed by atoms with E-state index in [4.69, 9.17) is 0 Å². The van der Waals surface area contributed by atoms with Crippen LogP contribution in [0.5, 0.6) is 0 Å². The molecule has 12 heteroatoms. The van der Waals surface area contributed by atoms with Crippen molar-refractivity contribution in [3.05, 3.63) is 60.6 Å². The third kappa shape index (κ3) is 7.65. The molecule has 1 fully saturated rings. The second kappa shape index (κ2) is 13.4. The highest BCUT2D eigenvalue weighted by molar-refractivity contribution is 7.59. The molecule has 4 N–H and O–H groups in total. The van der Waals surface area contributed by atoms with E-state index in [1.54, 1.807) is 25.6 Å². The Bertz CT molecular complexity index is 1270. The molecule has 7 heterocycles. The van der Waals surface area contributed by atoms with Crippen LogP contribution in [-0.4, -0.2) is 88.9 Å². The minimum Gasteiger partial charge on any atom is -0.357 e. The Morgan fingerprint density at radius 1 is 0.974 bits per heavy atom. The summed E-state index contributed by atoms with van der Waals surface area (Å²) in [6.07, 6.45) is 5.59. The highest BCUT2D eigenvalue weighted by Gasteiger charge is 2.21. The normalized spacial score (nSPS) is 21.5. The lowest BCUT2D eigenvalue weighted by Crippen LogP contribution is -2.49. The molecular weight excluding hydrogens is 514 g/mol. The second-order valence-electron chi connectivity index (χ2n) is 9.55. The van der Waals surface area contributed by atoms with Gasteiger partial charge < -0.3 is 21.3 Å². The van der Waals surface area contributed by atoms with Gasteiger partial charge in [-0.25, -0.2) is 15.0 Å². The van der Waals surface area contributed by atoms with Crippen LogP contribution < -0.4 is 21.3 Å². The van der Waals surface area contributed by atoms with Crippen LogP contribution in [0.25, 0.3) is 11.1 Å². The van der Waals surface area contributed by atoms with Crippen molar-refractivity contribution in [1.29, 1.82) is 0 Å². The standard InChI is InChI=1S/C27H33N9O2.H2S/c1-28-26(38)23-6-8-30-25(37)18-36-11-9-35(10-12-36)17-19-3-2-4-22(13-19)33-24-14-20(5-7-29-24)21-15-31-27(34-23)32-16-21;/h2-5,7,13-16,23H,6,8-12,17-18H2,1H3,(H,28,38)(H,29,33)(H,30,37)(H,31,32,34);1H2. The summed E-state index contributed by atoms with van der Waals surface area (Å²) >= 11 is 0. The number of anilines is 3. The molecule has 8 bridgehead atoms. The summed E-state index contributed by atoms with van der Waals surface area (Å²) in [4.78, 5) is 42.9. The number of carbonyl (C=O) groups is 2. The van der Waals surface area contributed by atoms with E-state index in [1.807, 2.05) is 18.2 Å². The summed E-state index contributed by atoms with van der Waals surface area (Å²) in [6, 6.07) is 11.7. The Balaban J connectivity index is 0.00000353. The first-order chi connectivity index (χ1) is 18.6.